The lowest BCUT2D eigenvalue weighted by Gasteiger charge is -2.12. The van der Waals surface area contributed by atoms with Crippen LogP contribution in [0.2, 0.25) is 0 Å². The van der Waals surface area contributed by atoms with E-state index in [2.05, 4.69) is 20.9 Å². The number of methoxy groups -OCH3 is 1. The third-order valence-corrected chi connectivity index (χ3v) is 2.81. The molecule has 6 heteroatoms. The first-order valence-electron chi connectivity index (χ1n) is 7.03. The summed E-state index contributed by atoms with van der Waals surface area (Å²) in [5.41, 5.74) is 1.08. The van der Waals surface area contributed by atoms with Gasteiger partial charge in [-0.25, -0.2) is 0 Å². The fourth-order valence-electron chi connectivity index (χ4n) is 1.68. The third-order valence-electron chi connectivity index (χ3n) is 2.81. The standard InChI is InChI=1S/C15H24N4O2/c1-4-8-17-14(20)11-19-15(16-2)18-10-12-6-5-7-13(9-12)21-3/h5-7,9H,4,8,10-11H2,1-3H3,(H,17,20)(H2,16,18,19). The highest BCUT2D eigenvalue weighted by atomic mass is 16.5. The van der Waals surface area contributed by atoms with Crippen LogP contribution in [0.1, 0.15) is 18.9 Å². The van der Waals surface area contributed by atoms with E-state index in [0.717, 1.165) is 17.7 Å². The first-order chi connectivity index (χ1) is 10.2. The number of nitrogens with zero attached hydrogens (tertiary/aromatic N) is 1. The van der Waals surface area contributed by atoms with Crippen molar-refractivity contribution in [3.8, 4) is 5.75 Å². The Morgan fingerprint density at radius 3 is 2.76 bits per heavy atom. The van der Waals surface area contributed by atoms with Crippen molar-refractivity contribution in [3.63, 3.8) is 0 Å². The maximum absolute atomic E-state index is 11.5. The SMILES string of the molecule is CCCNC(=O)CNC(=NC)NCc1cccc(OC)c1. The van der Waals surface area contributed by atoms with Crippen LogP contribution in [0.15, 0.2) is 29.3 Å². The number of hydrogen-bond donors (Lipinski definition) is 3. The normalized spacial score (nSPS) is 10.9. The lowest BCUT2D eigenvalue weighted by molar-refractivity contribution is -0.120. The molecule has 0 heterocycles. The monoisotopic (exact) mass is 292 g/mol. The molecule has 1 aromatic carbocycles. The second-order valence-electron chi connectivity index (χ2n) is 4.48. The van der Waals surface area contributed by atoms with Crippen LogP contribution in [0.25, 0.3) is 0 Å². The zero-order chi connectivity index (χ0) is 15.5. The molecule has 0 aliphatic heterocycles. The number of carbonyl (C=O) groups is 1. The van der Waals surface area contributed by atoms with Crippen LogP contribution in [0.5, 0.6) is 5.75 Å². The van der Waals surface area contributed by atoms with Crippen molar-refractivity contribution in [1.29, 1.82) is 0 Å². The van der Waals surface area contributed by atoms with E-state index in [4.69, 9.17) is 4.74 Å². The number of aliphatic imine (C=N–C) groups is 1. The van der Waals surface area contributed by atoms with E-state index < -0.39 is 0 Å². The Balaban J connectivity index is 2.39. The van der Waals surface area contributed by atoms with Crippen LogP contribution < -0.4 is 20.7 Å². The lowest BCUT2D eigenvalue weighted by atomic mass is 10.2. The molecular formula is C15H24N4O2. The zero-order valence-corrected chi connectivity index (χ0v) is 12.9. The number of benzene rings is 1. The van der Waals surface area contributed by atoms with Gasteiger partial charge >= 0.3 is 0 Å². The van der Waals surface area contributed by atoms with Crippen molar-refractivity contribution in [2.24, 2.45) is 4.99 Å². The second kappa shape index (κ2) is 9.63. The van der Waals surface area contributed by atoms with Crippen molar-refractivity contribution in [2.45, 2.75) is 19.9 Å². The van der Waals surface area contributed by atoms with Gasteiger partial charge in [0, 0.05) is 20.1 Å². The molecule has 0 fully saturated rings. The van der Waals surface area contributed by atoms with Gasteiger partial charge in [-0.2, -0.15) is 0 Å². The first kappa shape index (κ1) is 16.8. The van der Waals surface area contributed by atoms with Crippen molar-refractivity contribution in [3.05, 3.63) is 29.8 Å². The van der Waals surface area contributed by atoms with Crippen molar-refractivity contribution >= 4 is 11.9 Å². The molecule has 0 saturated carbocycles. The van der Waals surface area contributed by atoms with Gasteiger partial charge in [-0.1, -0.05) is 19.1 Å². The summed E-state index contributed by atoms with van der Waals surface area (Å²) >= 11 is 0. The largest absolute Gasteiger partial charge is 0.497 e. The molecule has 0 unspecified atom stereocenters. The molecule has 0 bridgehead atoms. The van der Waals surface area contributed by atoms with E-state index in [0.29, 0.717) is 19.0 Å². The van der Waals surface area contributed by atoms with Gasteiger partial charge in [0.2, 0.25) is 5.91 Å². The summed E-state index contributed by atoms with van der Waals surface area (Å²) in [4.78, 5) is 15.6. The number of rotatable bonds is 7. The highest BCUT2D eigenvalue weighted by molar-refractivity contribution is 5.86. The van der Waals surface area contributed by atoms with E-state index in [1.165, 1.54) is 0 Å². The predicted molar refractivity (Wildman–Crippen MR) is 84.5 cm³/mol. The fourth-order valence-corrected chi connectivity index (χ4v) is 1.68. The van der Waals surface area contributed by atoms with E-state index in [1.54, 1.807) is 14.2 Å². The summed E-state index contributed by atoms with van der Waals surface area (Å²) in [6.45, 7) is 3.52. The van der Waals surface area contributed by atoms with Crippen molar-refractivity contribution in [2.75, 3.05) is 27.2 Å². The van der Waals surface area contributed by atoms with Gasteiger partial charge in [0.15, 0.2) is 5.96 Å². The van der Waals surface area contributed by atoms with Crippen LogP contribution >= 0.6 is 0 Å². The minimum atomic E-state index is -0.0406. The quantitative estimate of drug-likeness (QED) is 0.515. The molecule has 0 spiro atoms. The lowest BCUT2D eigenvalue weighted by Crippen LogP contribution is -2.43. The summed E-state index contributed by atoms with van der Waals surface area (Å²) < 4.78 is 5.18. The highest BCUT2D eigenvalue weighted by Crippen LogP contribution is 2.11. The number of amides is 1. The molecule has 1 aromatic rings. The van der Waals surface area contributed by atoms with Gasteiger partial charge in [-0.15, -0.1) is 0 Å². The van der Waals surface area contributed by atoms with Crippen LogP contribution in [0.4, 0.5) is 0 Å². The Labute approximate surface area is 126 Å². The summed E-state index contributed by atoms with van der Waals surface area (Å²) in [6, 6.07) is 7.78. The predicted octanol–water partition coefficient (Wildman–Crippen LogP) is 0.886. The maximum atomic E-state index is 11.5. The molecule has 0 saturated heterocycles. The Kier molecular flexibility index (Phi) is 7.71. The molecule has 1 rings (SSSR count). The highest BCUT2D eigenvalue weighted by Gasteiger charge is 2.03. The molecule has 0 radical (unpaired) electrons. The maximum Gasteiger partial charge on any atom is 0.239 e. The summed E-state index contributed by atoms with van der Waals surface area (Å²) in [6.07, 6.45) is 0.925. The van der Waals surface area contributed by atoms with Gasteiger partial charge in [-0.3, -0.25) is 9.79 Å². The minimum Gasteiger partial charge on any atom is -0.497 e. The molecule has 0 aliphatic rings. The van der Waals surface area contributed by atoms with Gasteiger partial charge in [-0.05, 0) is 24.1 Å². The molecule has 0 atom stereocenters. The molecule has 21 heavy (non-hydrogen) atoms. The van der Waals surface area contributed by atoms with E-state index in [-0.39, 0.29) is 12.5 Å². The van der Waals surface area contributed by atoms with E-state index >= 15 is 0 Å². The van der Waals surface area contributed by atoms with Gasteiger partial charge < -0.3 is 20.7 Å². The molecular weight excluding hydrogens is 268 g/mol. The first-order valence-corrected chi connectivity index (χ1v) is 7.03. The Morgan fingerprint density at radius 1 is 1.29 bits per heavy atom. The molecule has 3 N–H and O–H groups in total. The number of hydrogen-bond acceptors (Lipinski definition) is 3. The van der Waals surface area contributed by atoms with E-state index in [9.17, 15) is 4.79 Å². The molecule has 1 amide bonds. The van der Waals surface area contributed by atoms with Gasteiger partial charge in [0.1, 0.15) is 5.75 Å². The summed E-state index contributed by atoms with van der Waals surface area (Å²) in [5.74, 6) is 1.36. The summed E-state index contributed by atoms with van der Waals surface area (Å²) in [5, 5.41) is 8.92. The molecule has 116 valence electrons. The third kappa shape index (κ3) is 6.65. The van der Waals surface area contributed by atoms with Crippen LogP contribution in [-0.2, 0) is 11.3 Å². The number of guanidine groups is 1. The Morgan fingerprint density at radius 2 is 2.10 bits per heavy atom. The number of carbonyl (C=O) groups excluding carboxylic acids is 1. The number of ether oxygens (including phenoxy) is 1. The molecule has 0 aromatic heterocycles. The minimum absolute atomic E-state index is 0.0406. The fraction of sp³-hybridized carbons (Fsp3) is 0.467. The van der Waals surface area contributed by atoms with Crippen LogP contribution in [-0.4, -0.2) is 39.1 Å². The van der Waals surface area contributed by atoms with E-state index in [1.807, 2.05) is 31.2 Å². The van der Waals surface area contributed by atoms with Crippen molar-refractivity contribution < 1.29 is 9.53 Å². The second-order valence-corrected chi connectivity index (χ2v) is 4.48. The zero-order valence-electron chi connectivity index (χ0n) is 12.9. The topological polar surface area (TPSA) is 74.8 Å². The molecule has 0 aliphatic carbocycles. The van der Waals surface area contributed by atoms with Gasteiger partial charge in [0.25, 0.3) is 0 Å². The number of nitrogens with one attached hydrogen (secondary N) is 3. The Bertz CT molecular complexity index is 474. The van der Waals surface area contributed by atoms with Crippen LogP contribution in [0, 0.1) is 0 Å². The average Bonchev–Trinajstić information content (AvgIpc) is 2.53. The van der Waals surface area contributed by atoms with Gasteiger partial charge in [0.05, 0.1) is 13.7 Å². The van der Waals surface area contributed by atoms with Crippen LogP contribution in [0.3, 0.4) is 0 Å². The summed E-state index contributed by atoms with van der Waals surface area (Å²) in [7, 11) is 3.31. The average molecular weight is 292 g/mol. The molecule has 6 nitrogen and oxygen atoms in total. The van der Waals surface area contributed by atoms with Crippen molar-refractivity contribution in [1.82, 2.24) is 16.0 Å². The Hall–Kier alpha value is -2.24. The smallest absolute Gasteiger partial charge is 0.239 e.